The zero-order valence-corrected chi connectivity index (χ0v) is 15.1. The first-order valence-electron chi connectivity index (χ1n) is 7.90. The van der Waals surface area contributed by atoms with Crippen LogP contribution < -0.4 is 9.56 Å². The van der Waals surface area contributed by atoms with Crippen molar-refractivity contribution in [2.24, 2.45) is 10.4 Å². The molecule has 1 heterocycles. The van der Waals surface area contributed by atoms with E-state index in [4.69, 9.17) is 9.94 Å². The van der Waals surface area contributed by atoms with Gasteiger partial charge >= 0.3 is 5.97 Å². The molecule has 0 saturated carbocycles. The third-order valence-corrected chi connectivity index (χ3v) is 4.83. The van der Waals surface area contributed by atoms with Crippen molar-refractivity contribution in [1.29, 1.82) is 0 Å². The normalized spacial score (nSPS) is 11.3. The van der Waals surface area contributed by atoms with E-state index in [1.807, 2.05) is 0 Å². The second-order valence-electron chi connectivity index (χ2n) is 5.39. The van der Waals surface area contributed by atoms with E-state index in [0.717, 1.165) is 0 Å². The number of nitrogens with one attached hydrogen (secondary N) is 1. The van der Waals surface area contributed by atoms with Crippen molar-refractivity contribution in [3.8, 4) is 5.75 Å². The fraction of sp³-hybridized carbons (Fsp3) is 0. The highest BCUT2D eigenvalue weighted by molar-refractivity contribution is 7.92. The van der Waals surface area contributed by atoms with Gasteiger partial charge in [-0.2, -0.15) is 0 Å². The molecule has 10 heteroatoms. The maximum Gasteiger partial charge on any atom is 0.339 e. The minimum atomic E-state index is -3.79. The summed E-state index contributed by atoms with van der Waals surface area (Å²) in [5.74, 6) is -0.907. The predicted molar refractivity (Wildman–Crippen MR) is 100 cm³/mol. The average Bonchev–Trinajstić information content (AvgIpc) is 2.69. The van der Waals surface area contributed by atoms with Crippen LogP contribution in [0.1, 0.15) is 10.4 Å². The average molecular weight is 398 g/mol. The van der Waals surface area contributed by atoms with E-state index in [0.29, 0.717) is 5.69 Å². The number of carboxylic acid groups (broad SMARTS) is 1. The van der Waals surface area contributed by atoms with Crippen molar-refractivity contribution >= 4 is 27.5 Å². The van der Waals surface area contributed by atoms with Gasteiger partial charge in [0, 0.05) is 11.5 Å². The van der Waals surface area contributed by atoms with E-state index >= 15 is 0 Å². The van der Waals surface area contributed by atoms with Gasteiger partial charge in [-0.05, 0) is 48.5 Å². The molecule has 0 aliphatic rings. The molecular weight excluding hydrogens is 384 g/mol. The van der Waals surface area contributed by atoms with Crippen LogP contribution in [0.3, 0.4) is 0 Å². The second kappa shape index (κ2) is 8.27. The molecule has 0 unspecified atom stereocenters. The van der Waals surface area contributed by atoms with Gasteiger partial charge < -0.3 is 9.94 Å². The lowest BCUT2D eigenvalue weighted by molar-refractivity contribution is 0.0692. The number of benzene rings is 2. The summed E-state index contributed by atoms with van der Waals surface area (Å²) >= 11 is 0. The molecule has 2 aromatic carbocycles. The zero-order chi connectivity index (χ0) is 20.0. The Morgan fingerprint density at radius 3 is 2.39 bits per heavy atom. The summed E-state index contributed by atoms with van der Waals surface area (Å²) in [6, 6.07) is 16.4. The van der Waals surface area contributed by atoms with Gasteiger partial charge in [0.25, 0.3) is 10.0 Å². The molecule has 9 nitrogen and oxygen atoms in total. The van der Waals surface area contributed by atoms with Crippen molar-refractivity contribution in [2.45, 2.75) is 4.90 Å². The number of hydrogen-bond acceptors (Lipinski definition) is 7. The molecular formula is C18H14N4O5S. The molecule has 0 spiro atoms. The molecule has 0 aliphatic carbocycles. The van der Waals surface area contributed by atoms with Crippen molar-refractivity contribution in [3.05, 3.63) is 78.5 Å². The lowest BCUT2D eigenvalue weighted by atomic mass is 10.2. The Morgan fingerprint density at radius 1 is 1.00 bits per heavy atom. The molecule has 0 radical (unpaired) electrons. The quantitative estimate of drug-likeness (QED) is 0.461. The highest BCUT2D eigenvalue weighted by Crippen LogP contribution is 2.21. The van der Waals surface area contributed by atoms with E-state index in [1.165, 1.54) is 48.7 Å². The Bertz CT molecular complexity index is 1100. The van der Waals surface area contributed by atoms with Gasteiger partial charge in [0.05, 0.1) is 10.6 Å². The number of para-hydroxylation sites is 1. The van der Waals surface area contributed by atoms with Crippen LogP contribution in [0.4, 0.5) is 11.5 Å². The molecule has 2 N–H and O–H groups in total. The summed E-state index contributed by atoms with van der Waals surface area (Å²) in [6.45, 7) is 0. The van der Waals surface area contributed by atoms with Crippen molar-refractivity contribution in [2.75, 3.05) is 4.72 Å². The first kappa shape index (κ1) is 19.0. The molecule has 142 valence electrons. The maximum atomic E-state index is 12.3. The maximum absolute atomic E-state index is 12.3. The van der Waals surface area contributed by atoms with Gasteiger partial charge in [-0.3, -0.25) is 4.72 Å². The van der Waals surface area contributed by atoms with Crippen LogP contribution in [0.2, 0.25) is 0 Å². The molecule has 0 aliphatic heterocycles. The largest absolute Gasteiger partial charge is 0.478 e. The van der Waals surface area contributed by atoms with E-state index in [1.54, 1.807) is 24.3 Å². The Hall–Kier alpha value is -3.79. The van der Waals surface area contributed by atoms with Crippen molar-refractivity contribution < 1.29 is 23.2 Å². The van der Waals surface area contributed by atoms with Crippen LogP contribution in [-0.2, 0) is 10.0 Å². The Balaban J connectivity index is 1.69. The van der Waals surface area contributed by atoms with Gasteiger partial charge in [-0.1, -0.05) is 18.2 Å². The summed E-state index contributed by atoms with van der Waals surface area (Å²) in [6.07, 6.45) is 1.48. The summed E-state index contributed by atoms with van der Waals surface area (Å²) in [5, 5.41) is 16.4. The molecule has 0 saturated heterocycles. The SMILES string of the molecule is O=C(O)c1ccccc1ON=Nc1ccc(S(=O)(=O)Nc2ccccn2)cc1. The van der Waals surface area contributed by atoms with Crippen molar-refractivity contribution in [3.63, 3.8) is 0 Å². The number of nitrogens with zero attached hydrogens (tertiary/aromatic N) is 3. The van der Waals surface area contributed by atoms with Gasteiger partial charge in [0.2, 0.25) is 0 Å². The Labute approximate surface area is 160 Å². The molecule has 1 aromatic heterocycles. The van der Waals surface area contributed by atoms with Crippen LogP contribution in [0.25, 0.3) is 0 Å². The summed E-state index contributed by atoms with van der Waals surface area (Å²) in [7, 11) is -3.79. The Kier molecular flexibility index (Phi) is 5.61. The van der Waals surface area contributed by atoms with Gasteiger partial charge in [-0.15, -0.1) is 5.11 Å². The van der Waals surface area contributed by atoms with E-state index in [9.17, 15) is 13.2 Å². The van der Waals surface area contributed by atoms with E-state index < -0.39 is 16.0 Å². The van der Waals surface area contributed by atoms with Crippen molar-refractivity contribution in [1.82, 2.24) is 4.98 Å². The number of sulfonamides is 1. The number of aromatic carboxylic acids is 1. The number of rotatable bonds is 7. The van der Waals surface area contributed by atoms with E-state index in [-0.39, 0.29) is 22.0 Å². The lowest BCUT2D eigenvalue weighted by Gasteiger charge is -2.06. The fourth-order valence-electron chi connectivity index (χ4n) is 2.15. The van der Waals surface area contributed by atoms with Gasteiger partial charge in [-0.25, -0.2) is 18.2 Å². The molecule has 3 rings (SSSR count). The first-order valence-corrected chi connectivity index (χ1v) is 9.38. The van der Waals surface area contributed by atoms with Gasteiger partial charge in [0.1, 0.15) is 11.4 Å². The minimum absolute atomic E-state index is 0.0224. The van der Waals surface area contributed by atoms with Crippen LogP contribution in [0.5, 0.6) is 5.75 Å². The van der Waals surface area contributed by atoms with Crippen LogP contribution >= 0.6 is 0 Å². The first-order chi connectivity index (χ1) is 13.5. The number of pyridine rings is 1. The smallest absolute Gasteiger partial charge is 0.339 e. The summed E-state index contributed by atoms with van der Waals surface area (Å²) in [5.41, 5.74) is 0.271. The molecule has 0 fully saturated rings. The molecule has 0 amide bonds. The highest BCUT2D eigenvalue weighted by atomic mass is 32.2. The fourth-order valence-corrected chi connectivity index (χ4v) is 3.15. The van der Waals surface area contributed by atoms with E-state index in [2.05, 4.69) is 20.1 Å². The summed E-state index contributed by atoms with van der Waals surface area (Å²) < 4.78 is 27.0. The number of carbonyl (C=O) groups is 1. The topological polar surface area (TPSA) is 130 Å². The van der Waals surface area contributed by atoms with Crippen LogP contribution in [-0.4, -0.2) is 24.5 Å². The lowest BCUT2D eigenvalue weighted by Crippen LogP contribution is -2.13. The standard InChI is InChI=1S/C18H14N4O5S/c23-18(24)15-5-1-2-6-16(15)27-22-20-13-8-10-14(11-9-13)28(25,26)21-17-7-3-4-12-19-17/h1-12H,(H,19,21)(H,23,24). The Morgan fingerprint density at radius 2 is 1.71 bits per heavy atom. The molecule has 0 bridgehead atoms. The highest BCUT2D eigenvalue weighted by Gasteiger charge is 2.14. The minimum Gasteiger partial charge on any atom is -0.478 e. The third-order valence-electron chi connectivity index (χ3n) is 3.46. The second-order valence-corrected chi connectivity index (χ2v) is 7.07. The van der Waals surface area contributed by atoms with Crippen LogP contribution in [0, 0.1) is 0 Å². The predicted octanol–water partition coefficient (Wildman–Crippen LogP) is 3.66. The van der Waals surface area contributed by atoms with Gasteiger partial charge in [0.15, 0.2) is 5.75 Å². The number of carboxylic acids is 1. The van der Waals surface area contributed by atoms with Crippen LogP contribution in [0.15, 0.2) is 88.2 Å². The number of hydrogen-bond donors (Lipinski definition) is 2. The molecule has 0 atom stereocenters. The number of aromatic nitrogens is 1. The molecule has 3 aromatic rings. The third kappa shape index (κ3) is 4.68. The number of anilines is 1. The summed E-state index contributed by atoms with van der Waals surface area (Å²) in [4.78, 5) is 20.1. The zero-order valence-electron chi connectivity index (χ0n) is 14.3. The molecule has 28 heavy (non-hydrogen) atoms. The monoisotopic (exact) mass is 398 g/mol.